The van der Waals surface area contributed by atoms with Gasteiger partial charge in [-0.2, -0.15) is 4.98 Å². The maximum Gasteiger partial charge on any atom is 0.227 e. The zero-order chi connectivity index (χ0) is 20.3. The van der Waals surface area contributed by atoms with Crippen LogP contribution in [0.5, 0.6) is 0 Å². The van der Waals surface area contributed by atoms with Gasteiger partial charge in [0.2, 0.25) is 11.7 Å². The quantitative estimate of drug-likeness (QED) is 0.297. The van der Waals surface area contributed by atoms with Gasteiger partial charge in [-0.05, 0) is 50.3 Å². The van der Waals surface area contributed by atoms with Crippen LogP contribution in [0.4, 0.5) is 0 Å². The van der Waals surface area contributed by atoms with E-state index in [4.69, 9.17) is 15.1 Å². The van der Waals surface area contributed by atoms with Crippen molar-refractivity contribution in [1.82, 2.24) is 10.1 Å². The van der Waals surface area contributed by atoms with E-state index in [0.29, 0.717) is 31.3 Å². The van der Waals surface area contributed by atoms with E-state index in [2.05, 4.69) is 39.6 Å². The summed E-state index contributed by atoms with van der Waals surface area (Å²) in [6.07, 6.45) is 4.68. The molecule has 2 aromatic carbocycles. The van der Waals surface area contributed by atoms with Crippen molar-refractivity contribution in [2.24, 2.45) is 10.9 Å². The molecule has 0 aliphatic rings. The Balaban J connectivity index is 1.44. The second-order valence-electron chi connectivity index (χ2n) is 6.93. The molecule has 0 spiro atoms. The van der Waals surface area contributed by atoms with Crippen molar-refractivity contribution in [3.8, 4) is 11.4 Å². The van der Waals surface area contributed by atoms with Crippen molar-refractivity contribution in [2.75, 3.05) is 13.2 Å². The molecule has 6 heteroatoms. The average Bonchev–Trinajstić information content (AvgIpc) is 3.24. The summed E-state index contributed by atoms with van der Waals surface area (Å²) in [6, 6.07) is 18.4. The van der Waals surface area contributed by atoms with E-state index in [9.17, 15) is 0 Å². The Morgan fingerprint density at radius 2 is 1.79 bits per heavy atom. The maximum atomic E-state index is 5.51. The Bertz CT molecular complexity index is 889. The van der Waals surface area contributed by atoms with Gasteiger partial charge in [0.25, 0.3) is 0 Å². The number of unbranched alkanes of at least 4 members (excludes halogenated alkanes) is 1. The summed E-state index contributed by atoms with van der Waals surface area (Å²) >= 11 is 0. The number of nitrogens with zero attached hydrogens (tertiary/aromatic N) is 3. The molecule has 0 saturated heterocycles. The van der Waals surface area contributed by atoms with Crippen molar-refractivity contribution < 1.29 is 9.36 Å². The predicted molar refractivity (Wildman–Crippen MR) is 115 cm³/mol. The third-order valence-electron chi connectivity index (χ3n) is 4.62. The summed E-state index contributed by atoms with van der Waals surface area (Å²) in [5.41, 5.74) is 9.63. The number of aryl methyl sites for hydroxylation is 2. The van der Waals surface area contributed by atoms with Crippen LogP contribution < -0.4 is 5.73 Å². The second kappa shape index (κ2) is 11.1. The summed E-state index contributed by atoms with van der Waals surface area (Å²) in [5.74, 6) is 1.21. The highest BCUT2D eigenvalue weighted by atomic mass is 16.6. The fourth-order valence-corrected chi connectivity index (χ4v) is 2.92. The van der Waals surface area contributed by atoms with Crippen LogP contribution in [0.1, 0.15) is 43.2 Å². The van der Waals surface area contributed by atoms with Crippen molar-refractivity contribution in [2.45, 2.75) is 39.0 Å². The summed E-state index contributed by atoms with van der Waals surface area (Å²) < 4.78 is 5.25. The van der Waals surface area contributed by atoms with E-state index < -0.39 is 0 Å². The third kappa shape index (κ3) is 6.54. The molecule has 3 rings (SSSR count). The van der Waals surface area contributed by atoms with Gasteiger partial charge in [0.05, 0.1) is 5.71 Å². The van der Waals surface area contributed by atoms with Crippen molar-refractivity contribution >= 4 is 5.71 Å². The first-order valence-corrected chi connectivity index (χ1v) is 10.1. The number of nitrogens with two attached hydrogens (primary N) is 1. The molecule has 2 N–H and O–H groups in total. The minimum absolute atomic E-state index is 0.591. The average molecular weight is 393 g/mol. The molecule has 0 saturated carbocycles. The van der Waals surface area contributed by atoms with Gasteiger partial charge in [-0.15, -0.1) is 0 Å². The van der Waals surface area contributed by atoms with E-state index >= 15 is 0 Å². The van der Waals surface area contributed by atoms with Gasteiger partial charge in [-0.3, -0.25) is 0 Å². The molecule has 6 nitrogen and oxygen atoms in total. The van der Waals surface area contributed by atoms with Gasteiger partial charge < -0.3 is 15.1 Å². The molecular formula is C23H28N4O2. The Hall–Kier alpha value is -2.99. The standard InChI is InChI=1S/C23H28N4O2/c1-18(26-28-17-6-5-10-19-8-3-2-4-9-19)20-12-14-21(15-13-20)23-25-22(29-27-23)11-7-16-24/h2-4,8-9,12-15H,5-7,10-11,16-17,24H2,1H3. The molecule has 0 atom stereocenters. The number of rotatable bonds is 11. The van der Waals surface area contributed by atoms with Gasteiger partial charge >= 0.3 is 0 Å². The largest absolute Gasteiger partial charge is 0.396 e. The lowest BCUT2D eigenvalue weighted by Crippen LogP contribution is -2.00. The molecule has 29 heavy (non-hydrogen) atoms. The molecule has 0 aliphatic heterocycles. The minimum Gasteiger partial charge on any atom is -0.396 e. The summed E-state index contributed by atoms with van der Waals surface area (Å²) in [4.78, 5) is 9.89. The first kappa shape index (κ1) is 20.7. The number of hydrogen-bond donors (Lipinski definition) is 1. The SMILES string of the molecule is CC(=NOCCCCc1ccccc1)c1ccc(-c2noc(CCCN)n2)cc1. The molecule has 0 bridgehead atoms. The number of hydrogen-bond acceptors (Lipinski definition) is 6. The van der Waals surface area contributed by atoms with Crippen molar-refractivity contribution in [3.63, 3.8) is 0 Å². The monoisotopic (exact) mass is 392 g/mol. The van der Waals surface area contributed by atoms with Crippen LogP contribution in [0.15, 0.2) is 64.3 Å². The van der Waals surface area contributed by atoms with Gasteiger partial charge in [-0.1, -0.05) is 64.9 Å². The molecule has 0 amide bonds. The minimum atomic E-state index is 0.591. The van der Waals surface area contributed by atoms with Crippen molar-refractivity contribution in [3.05, 3.63) is 71.6 Å². The fourth-order valence-electron chi connectivity index (χ4n) is 2.92. The Labute approximate surface area is 171 Å². The molecule has 0 radical (unpaired) electrons. The number of oxime groups is 1. The summed E-state index contributed by atoms with van der Waals surface area (Å²) in [5, 5.41) is 8.27. The topological polar surface area (TPSA) is 86.5 Å². The Morgan fingerprint density at radius 3 is 2.55 bits per heavy atom. The molecule has 0 aliphatic carbocycles. The molecule has 152 valence electrons. The Morgan fingerprint density at radius 1 is 1.00 bits per heavy atom. The van der Waals surface area contributed by atoms with Gasteiger partial charge in [0.1, 0.15) is 6.61 Å². The lowest BCUT2D eigenvalue weighted by Gasteiger charge is -2.04. The van der Waals surface area contributed by atoms with Gasteiger partial charge in [0.15, 0.2) is 0 Å². The van der Waals surface area contributed by atoms with Crippen LogP contribution in [0.2, 0.25) is 0 Å². The van der Waals surface area contributed by atoms with Gasteiger partial charge in [0, 0.05) is 12.0 Å². The normalized spacial score (nSPS) is 11.6. The third-order valence-corrected chi connectivity index (χ3v) is 4.62. The van der Waals surface area contributed by atoms with Gasteiger partial charge in [-0.25, -0.2) is 0 Å². The Kier molecular flexibility index (Phi) is 7.95. The van der Waals surface area contributed by atoms with E-state index in [1.165, 1.54) is 5.56 Å². The smallest absolute Gasteiger partial charge is 0.227 e. The molecule has 1 heterocycles. The molecular weight excluding hydrogens is 364 g/mol. The maximum absolute atomic E-state index is 5.51. The molecule has 3 aromatic rings. The van der Waals surface area contributed by atoms with E-state index in [-0.39, 0.29) is 0 Å². The lowest BCUT2D eigenvalue weighted by atomic mass is 10.1. The van der Waals surface area contributed by atoms with Crippen LogP contribution in [-0.4, -0.2) is 29.0 Å². The molecule has 0 fully saturated rings. The summed E-state index contributed by atoms with van der Waals surface area (Å²) in [6.45, 7) is 3.18. The summed E-state index contributed by atoms with van der Waals surface area (Å²) in [7, 11) is 0. The first-order valence-electron chi connectivity index (χ1n) is 10.1. The van der Waals surface area contributed by atoms with Crippen molar-refractivity contribution in [1.29, 1.82) is 0 Å². The first-order chi connectivity index (χ1) is 14.3. The molecule has 1 aromatic heterocycles. The number of aromatic nitrogens is 2. The van der Waals surface area contributed by atoms with Crippen LogP contribution >= 0.6 is 0 Å². The number of benzene rings is 2. The van der Waals surface area contributed by atoms with Crippen LogP contribution in [0, 0.1) is 0 Å². The fraction of sp³-hybridized carbons (Fsp3) is 0.348. The highest BCUT2D eigenvalue weighted by Crippen LogP contribution is 2.17. The highest BCUT2D eigenvalue weighted by molar-refractivity contribution is 5.98. The second-order valence-corrected chi connectivity index (χ2v) is 6.93. The van der Waals surface area contributed by atoms with Crippen LogP contribution in [0.25, 0.3) is 11.4 Å². The predicted octanol–water partition coefficient (Wildman–Crippen LogP) is 4.39. The van der Waals surface area contributed by atoms with E-state index in [0.717, 1.165) is 42.5 Å². The zero-order valence-corrected chi connectivity index (χ0v) is 16.9. The van der Waals surface area contributed by atoms with Crippen LogP contribution in [0.3, 0.4) is 0 Å². The van der Waals surface area contributed by atoms with E-state index in [1.54, 1.807) is 0 Å². The van der Waals surface area contributed by atoms with Crippen LogP contribution in [-0.2, 0) is 17.7 Å². The molecule has 0 unspecified atom stereocenters. The van der Waals surface area contributed by atoms with E-state index in [1.807, 2.05) is 37.3 Å². The zero-order valence-electron chi connectivity index (χ0n) is 16.9. The highest BCUT2D eigenvalue weighted by Gasteiger charge is 2.08. The lowest BCUT2D eigenvalue weighted by molar-refractivity contribution is 0.140.